The predicted molar refractivity (Wildman–Crippen MR) is 80.3 cm³/mol. The summed E-state index contributed by atoms with van der Waals surface area (Å²) in [6.45, 7) is -0.270. The van der Waals surface area contributed by atoms with E-state index >= 15 is 0 Å². The summed E-state index contributed by atoms with van der Waals surface area (Å²) in [5.41, 5.74) is 4.26. The summed E-state index contributed by atoms with van der Waals surface area (Å²) in [4.78, 5) is 36.6. The van der Waals surface area contributed by atoms with E-state index in [9.17, 15) is 27.6 Å². The van der Waals surface area contributed by atoms with Gasteiger partial charge in [0.25, 0.3) is 5.91 Å². The number of halogens is 3. The highest BCUT2D eigenvalue weighted by Gasteiger charge is 2.32. The molecule has 6 nitrogen and oxygen atoms in total. The van der Waals surface area contributed by atoms with E-state index in [0.29, 0.717) is 19.4 Å². The van der Waals surface area contributed by atoms with Crippen LogP contribution < -0.4 is 5.73 Å². The molecule has 136 valence electrons. The number of carbonyl (C=O) groups excluding carboxylic acids is 3. The molecule has 25 heavy (non-hydrogen) atoms. The van der Waals surface area contributed by atoms with E-state index in [0.717, 1.165) is 30.7 Å². The first-order chi connectivity index (χ1) is 11.7. The molecule has 1 heterocycles. The number of primary amides is 1. The molecule has 0 saturated carbocycles. The lowest BCUT2D eigenvalue weighted by Crippen LogP contribution is -2.51. The standard InChI is InChI=1S/C16H17F3N2O4/c17-16(18,19)11-6-4-10(5-7-11)15(24)25-9-13(22)21-8-2-1-3-12(21)14(20)23/h4-7,12H,1-3,8-9H2,(H2,20,23)/t12-/m0/s1. The maximum atomic E-state index is 12.5. The molecule has 0 bridgehead atoms. The minimum Gasteiger partial charge on any atom is -0.452 e. The molecule has 1 aliphatic heterocycles. The van der Waals surface area contributed by atoms with Crippen molar-refractivity contribution in [1.29, 1.82) is 0 Å². The first-order valence-corrected chi connectivity index (χ1v) is 7.63. The van der Waals surface area contributed by atoms with Gasteiger partial charge < -0.3 is 15.4 Å². The smallest absolute Gasteiger partial charge is 0.416 e. The van der Waals surface area contributed by atoms with E-state index < -0.39 is 42.2 Å². The lowest BCUT2D eigenvalue weighted by molar-refractivity contribution is -0.143. The lowest BCUT2D eigenvalue weighted by Gasteiger charge is -2.33. The number of likely N-dealkylation sites (tertiary alicyclic amines) is 1. The number of alkyl halides is 3. The number of hydrogen-bond donors (Lipinski definition) is 1. The molecule has 9 heteroatoms. The molecule has 0 radical (unpaired) electrons. The summed E-state index contributed by atoms with van der Waals surface area (Å²) >= 11 is 0. The van der Waals surface area contributed by atoms with Crippen LogP contribution in [-0.4, -0.2) is 41.9 Å². The Bertz CT molecular complexity index is 658. The normalized spacial score (nSPS) is 17.9. The molecule has 1 saturated heterocycles. The molecule has 2 N–H and O–H groups in total. The zero-order valence-corrected chi connectivity index (χ0v) is 13.2. The van der Waals surface area contributed by atoms with Gasteiger partial charge in [0.05, 0.1) is 11.1 Å². The third kappa shape index (κ3) is 4.71. The molecule has 0 unspecified atom stereocenters. The van der Waals surface area contributed by atoms with Crippen LogP contribution in [0.15, 0.2) is 24.3 Å². The number of benzene rings is 1. The number of amides is 2. The molecular formula is C16H17F3N2O4. The van der Waals surface area contributed by atoms with Gasteiger partial charge in [0.15, 0.2) is 6.61 Å². The van der Waals surface area contributed by atoms with Crippen molar-refractivity contribution in [2.24, 2.45) is 5.73 Å². The Kier molecular flexibility index (Phi) is 5.66. The average molecular weight is 358 g/mol. The number of hydrogen-bond acceptors (Lipinski definition) is 4. The second-order valence-electron chi connectivity index (χ2n) is 5.65. The fraction of sp³-hybridized carbons (Fsp3) is 0.438. The van der Waals surface area contributed by atoms with Gasteiger partial charge in [0, 0.05) is 6.54 Å². The highest BCUT2D eigenvalue weighted by atomic mass is 19.4. The molecule has 1 aromatic rings. The highest BCUT2D eigenvalue weighted by Crippen LogP contribution is 2.29. The minimum absolute atomic E-state index is 0.106. The number of carbonyl (C=O) groups is 3. The fourth-order valence-corrected chi connectivity index (χ4v) is 2.61. The summed E-state index contributed by atoms with van der Waals surface area (Å²) in [6.07, 6.45) is -2.57. The average Bonchev–Trinajstić information content (AvgIpc) is 2.58. The highest BCUT2D eigenvalue weighted by molar-refractivity contribution is 5.92. The zero-order valence-electron chi connectivity index (χ0n) is 13.2. The van der Waals surface area contributed by atoms with Crippen LogP contribution in [0, 0.1) is 0 Å². The van der Waals surface area contributed by atoms with Crippen LogP contribution >= 0.6 is 0 Å². The molecule has 1 atom stereocenters. The molecule has 2 amide bonds. The van der Waals surface area contributed by atoms with E-state index in [4.69, 9.17) is 10.5 Å². The SMILES string of the molecule is NC(=O)[C@@H]1CCCCN1C(=O)COC(=O)c1ccc(C(F)(F)F)cc1. The predicted octanol–water partition coefficient (Wildman–Crippen LogP) is 1.73. The maximum Gasteiger partial charge on any atom is 0.416 e. The van der Waals surface area contributed by atoms with Gasteiger partial charge in [0.1, 0.15) is 6.04 Å². The second kappa shape index (κ2) is 7.54. The number of ether oxygens (including phenoxy) is 1. The van der Waals surface area contributed by atoms with Gasteiger partial charge in [-0.2, -0.15) is 13.2 Å². The third-order valence-corrected chi connectivity index (χ3v) is 3.93. The zero-order chi connectivity index (χ0) is 18.6. The molecule has 1 fully saturated rings. The number of piperidine rings is 1. The van der Waals surface area contributed by atoms with Crippen molar-refractivity contribution in [3.8, 4) is 0 Å². The molecule has 0 spiro atoms. The van der Waals surface area contributed by atoms with E-state index in [1.165, 1.54) is 4.90 Å². The summed E-state index contributed by atoms with van der Waals surface area (Å²) in [6, 6.07) is 2.73. The lowest BCUT2D eigenvalue weighted by atomic mass is 10.0. The number of rotatable bonds is 4. The molecule has 1 aromatic carbocycles. The van der Waals surface area contributed by atoms with Crippen LogP contribution in [0.2, 0.25) is 0 Å². The van der Waals surface area contributed by atoms with Gasteiger partial charge in [-0.15, -0.1) is 0 Å². The van der Waals surface area contributed by atoms with Crippen molar-refractivity contribution < 1.29 is 32.3 Å². The van der Waals surface area contributed by atoms with Crippen molar-refractivity contribution in [2.45, 2.75) is 31.5 Å². The van der Waals surface area contributed by atoms with Gasteiger partial charge in [-0.3, -0.25) is 9.59 Å². The van der Waals surface area contributed by atoms with E-state index in [1.54, 1.807) is 0 Å². The van der Waals surface area contributed by atoms with Gasteiger partial charge in [-0.1, -0.05) is 0 Å². The Labute approximate surface area is 141 Å². The molecule has 1 aliphatic rings. The number of nitrogens with two attached hydrogens (primary N) is 1. The maximum absolute atomic E-state index is 12.5. The van der Waals surface area contributed by atoms with Crippen molar-refractivity contribution in [2.75, 3.05) is 13.2 Å². The van der Waals surface area contributed by atoms with Crippen molar-refractivity contribution in [3.63, 3.8) is 0 Å². The van der Waals surface area contributed by atoms with Crippen LogP contribution in [0.5, 0.6) is 0 Å². The second-order valence-corrected chi connectivity index (χ2v) is 5.65. The summed E-state index contributed by atoms with van der Waals surface area (Å²) < 4.78 is 42.3. The van der Waals surface area contributed by atoms with Crippen LogP contribution in [0.1, 0.15) is 35.2 Å². The van der Waals surface area contributed by atoms with Crippen LogP contribution in [0.25, 0.3) is 0 Å². The monoisotopic (exact) mass is 358 g/mol. The molecular weight excluding hydrogens is 341 g/mol. The van der Waals surface area contributed by atoms with Crippen molar-refractivity contribution in [3.05, 3.63) is 35.4 Å². The summed E-state index contributed by atoms with van der Waals surface area (Å²) in [5.74, 6) is -2.11. The van der Waals surface area contributed by atoms with Crippen LogP contribution in [-0.2, 0) is 20.5 Å². The first kappa shape index (κ1) is 18.8. The van der Waals surface area contributed by atoms with E-state index in [-0.39, 0.29) is 5.56 Å². The van der Waals surface area contributed by atoms with Gasteiger partial charge >= 0.3 is 12.1 Å². The Morgan fingerprint density at radius 2 is 1.80 bits per heavy atom. The minimum atomic E-state index is -4.50. The van der Waals surface area contributed by atoms with E-state index in [1.807, 2.05) is 0 Å². The van der Waals surface area contributed by atoms with Crippen molar-refractivity contribution >= 4 is 17.8 Å². The van der Waals surface area contributed by atoms with Gasteiger partial charge in [-0.25, -0.2) is 4.79 Å². The fourth-order valence-electron chi connectivity index (χ4n) is 2.61. The number of nitrogens with zero attached hydrogens (tertiary/aromatic N) is 1. The third-order valence-electron chi connectivity index (χ3n) is 3.93. The van der Waals surface area contributed by atoms with Gasteiger partial charge in [-0.05, 0) is 43.5 Å². The van der Waals surface area contributed by atoms with Gasteiger partial charge in [0.2, 0.25) is 5.91 Å². The van der Waals surface area contributed by atoms with Crippen molar-refractivity contribution in [1.82, 2.24) is 4.90 Å². The first-order valence-electron chi connectivity index (χ1n) is 7.63. The molecule has 2 rings (SSSR count). The number of esters is 1. The summed E-state index contributed by atoms with van der Waals surface area (Å²) in [5, 5.41) is 0. The van der Waals surface area contributed by atoms with E-state index in [2.05, 4.69) is 0 Å². The molecule has 0 aliphatic carbocycles. The Morgan fingerprint density at radius 3 is 2.36 bits per heavy atom. The Hall–Kier alpha value is -2.58. The van der Waals surface area contributed by atoms with Crippen LogP contribution in [0.4, 0.5) is 13.2 Å². The Morgan fingerprint density at radius 1 is 1.16 bits per heavy atom. The summed E-state index contributed by atoms with van der Waals surface area (Å²) in [7, 11) is 0. The van der Waals surface area contributed by atoms with Crippen LogP contribution in [0.3, 0.4) is 0 Å². The Balaban J connectivity index is 1.94. The molecule has 0 aromatic heterocycles. The topological polar surface area (TPSA) is 89.7 Å². The largest absolute Gasteiger partial charge is 0.452 e. The quantitative estimate of drug-likeness (QED) is 0.830.